The number of nitrogens with one attached hydrogen (secondary N) is 1. The zero-order valence-electron chi connectivity index (χ0n) is 25.6. The number of rotatable bonds is 14. The van der Waals surface area contributed by atoms with E-state index in [1.807, 2.05) is 44.2 Å². The van der Waals surface area contributed by atoms with Gasteiger partial charge in [-0.25, -0.2) is 12.8 Å². The molecule has 4 rings (SSSR count). The van der Waals surface area contributed by atoms with E-state index in [9.17, 15) is 22.4 Å². The van der Waals surface area contributed by atoms with E-state index in [1.165, 1.54) is 42.3 Å². The second-order valence-corrected chi connectivity index (χ2v) is 12.9. The van der Waals surface area contributed by atoms with Crippen molar-refractivity contribution < 1.29 is 27.1 Å². The molecule has 2 amide bonds. The molecule has 0 aliphatic carbocycles. The Morgan fingerprint density at radius 1 is 0.844 bits per heavy atom. The van der Waals surface area contributed by atoms with E-state index in [0.29, 0.717) is 17.9 Å². The molecule has 10 heteroatoms. The lowest BCUT2D eigenvalue weighted by Crippen LogP contribution is -2.53. The molecular formula is C35H38FN3O5S. The number of benzene rings is 4. The number of methoxy groups -OCH3 is 1. The summed E-state index contributed by atoms with van der Waals surface area (Å²) in [5, 5.41) is 2.95. The standard InChI is InChI=1S/C35H38FN3O5S/c1-26(2)23-37-35(41)33(21-27-11-6-4-7-12-27)38(24-28-17-19-29(36)20-18-28)34(40)25-39(30-13-10-14-31(22-30)44-3)45(42,43)32-15-8-5-9-16-32/h4-20,22,26,33H,21,23-25H2,1-3H3,(H,37,41)/t33-/m0/s1. The Kier molecular flexibility index (Phi) is 11.3. The van der Waals surface area contributed by atoms with Crippen molar-refractivity contribution in [3.63, 3.8) is 0 Å². The molecule has 0 radical (unpaired) electrons. The van der Waals surface area contributed by atoms with E-state index in [2.05, 4.69) is 5.32 Å². The summed E-state index contributed by atoms with van der Waals surface area (Å²) in [6.45, 7) is 3.67. The third kappa shape index (κ3) is 8.92. The highest BCUT2D eigenvalue weighted by molar-refractivity contribution is 7.92. The van der Waals surface area contributed by atoms with Gasteiger partial charge in [-0.15, -0.1) is 0 Å². The van der Waals surface area contributed by atoms with Gasteiger partial charge in [-0.1, -0.05) is 80.6 Å². The fraction of sp³-hybridized carbons (Fsp3) is 0.257. The topological polar surface area (TPSA) is 96.0 Å². The number of hydrogen-bond donors (Lipinski definition) is 1. The largest absolute Gasteiger partial charge is 0.497 e. The molecule has 4 aromatic carbocycles. The summed E-state index contributed by atoms with van der Waals surface area (Å²) in [5.41, 5.74) is 1.62. The number of carbonyl (C=O) groups is 2. The minimum Gasteiger partial charge on any atom is -0.497 e. The highest BCUT2D eigenvalue weighted by Gasteiger charge is 2.34. The van der Waals surface area contributed by atoms with Gasteiger partial charge in [0.15, 0.2) is 0 Å². The minimum atomic E-state index is -4.23. The van der Waals surface area contributed by atoms with Crippen LogP contribution in [-0.4, -0.2) is 51.4 Å². The summed E-state index contributed by atoms with van der Waals surface area (Å²) < 4.78 is 48.3. The van der Waals surface area contributed by atoms with Gasteiger partial charge in [-0.2, -0.15) is 0 Å². The number of halogens is 1. The van der Waals surface area contributed by atoms with Gasteiger partial charge in [-0.05, 0) is 53.4 Å². The van der Waals surface area contributed by atoms with Crippen LogP contribution in [-0.2, 0) is 32.6 Å². The molecule has 45 heavy (non-hydrogen) atoms. The van der Waals surface area contributed by atoms with Gasteiger partial charge >= 0.3 is 0 Å². The smallest absolute Gasteiger partial charge is 0.264 e. The first kappa shape index (κ1) is 33.2. The van der Waals surface area contributed by atoms with Crippen molar-refractivity contribution in [1.29, 1.82) is 0 Å². The number of ether oxygens (including phenoxy) is 1. The van der Waals surface area contributed by atoms with Crippen LogP contribution in [0.3, 0.4) is 0 Å². The van der Waals surface area contributed by atoms with Gasteiger partial charge in [-0.3, -0.25) is 13.9 Å². The lowest BCUT2D eigenvalue weighted by atomic mass is 10.0. The van der Waals surface area contributed by atoms with Crippen LogP contribution in [0.5, 0.6) is 5.75 Å². The summed E-state index contributed by atoms with van der Waals surface area (Å²) in [7, 11) is -2.77. The van der Waals surface area contributed by atoms with Gasteiger partial charge in [0, 0.05) is 25.6 Å². The molecule has 0 heterocycles. The van der Waals surface area contributed by atoms with Crippen molar-refractivity contribution in [2.75, 3.05) is 24.5 Å². The molecule has 4 aromatic rings. The molecule has 0 fully saturated rings. The highest BCUT2D eigenvalue weighted by atomic mass is 32.2. The lowest BCUT2D eigenvalue weighted by Gasteiger charge is -2.34. The van der Waals surface area contributed by atoms with E-state index in [1.54, 1.807) is 48.5 Å². The van der Waals surface area contributed by atoms with Gasteiger partial charge in [0.2, 0.25) is 11.8 Å². The molecule has 8 nitrogen and oxygen atoms in total. The molecule has 0 unspecified atom stereocenters. The fourth-order valence-electron chi connectivity index (χ4n) is 4.78. The Hall–Kier alpha value is -4.70. The number of carbonyl (C=O) groups excluding carboxylic acids is 2. The zero-order valence-corrected chi connectivity index (χ0v) is 26.4. The van der Waals surface area contributed by atoms with Gasteiger partial charge < -0.3 is 15.0 Å². The van der Waals surface area contributed by atoms with E-state index in [-0.39, 0.29) is 35.4 Å². The maximum atomic E-state index is 14.4. The predicted molar refractivity (Wildman–Crippen MR) is 173 cm³/mol. The molecule has 0 aliphatic heterocycles. The van der Waals surface area contributed by atoms with Crippen LogP contribution in [0.15, 0.2) is 114 Å². The number of hydrogen-bond acceptors (Lipinski definition) is 5. The van der Waals surface area contributed by atoms with E-state index in [0.717, 1.165) is 9.87 Å². The van der Waals surface area contributed by atoms with Crippen molar-refractivity contribution in [2.45, 2.75) is 37.8 Å². The molecule has 1 N–H and O–H groups in total. The molecule has 0 saturated carbocycles. The molecule has 1 atom stereocenters. The van der Waals surface area contributed by atoms with Crippen molar-refractivity contribution in [1.82, 2.24) is 10.2 Å². The Labute approximate surface area is 264 Å². The first-order valence-electron chi connectivity index (χ1n) is 14.7. The van der Waals surface area contributed by atoms with Crippen LogP contribution in [0.25, 0.3) is 0 Å². The second kappa shape index (κ2) is 15.3. The Morgan fingerprint density at radius 3 is 2.11 bits per heavy atom. The van der Waals surface area contributed by atoms with Gasteiger partial charge in [0.1, 0.15) is 24.2 Å². The number of nitrogens with zero attached hydrogens (tertiary/aromatic N) is 2. The summed E-state index contributed by atoms with van der Waals surface area (Å²) in [4.78, 5) is 29.6. The van der Waals surface area contributed by atoms with Crippen LogP contribution in [0, 0.1) is 11.7 Å². The average molecular weight is 632 g/mol. The highest BCUT2D eigenvalue weighted by Crippen LogP contribution is 2.28. The normalized spacial score (nSPS) is 11.9. The molecule has 236 valence electrons. The quantitative estimate of drug-likeness (QED) is 0.200. The summed E-state index contributed by atoms with van der Waals surface area (Å²) >= 11 is 0. The maximum Gasteiger partial charge on any atom is 0.264 e. The van der Waals surface area contributed by atoms with Crippen LogP contribution >= 0.6 is 0 Å². The van der Waals surface area contributed by atoms with Crippen molar-refractivity contribution in [3.8, 4) is 5.75 Å². The predicted octanol–water partition coefficient (Wildman–Crippen LogP) is 5.44. The summed E-state index contributed by atoms with van der Waals surface area (Å²) in [6.07, 6.45) is 0.183. The Bertz CT molecular complexity index is 1670. The Balaban J connectivity index is 1.80. The third-order valence-electron chi connectivity index (χ3n) is 7.17. The molecular weight excluding hydrogens is 593 g/mol. The van der Waals surface area contributed by atoms with E-state index in [4.69, 9.17) is 4.74 Å². The Morgan fingerprint density at radius 2 is 1.49 bits per heavy atom. The monoisotopic (exact) mass is 631 g/mol. The average Bonchev–Trinajstić information content (AvgIpc) is 3.05. The zero-order chi connectivity index (χ0) is 32.4. The molecule has 0 saturated heterocycles. The number of sulfonamides is 1. The lowest BCUT2D eigenvalue weighted by molar-refractivity contribution is -0.140. The maximum absolute atomic E-state index is 14.4. The van der Waals surface area contributed by atoms with Crippen LogP contribution in [0.2, 0.25) is 0 Å². The first-order valence-corrected chi connectivity index (χ1v) is 16.1. The SMILES string of the molecule is COc1cccc(N(CC(=O)N(Cc2ccc(F)cc2)[C@@H](Cc2ccccc2)C(=O)NCC(C)C)S(=O)(=O)c2ccccc2)c1. The molecule has 0 aromatic heterocycles. The molecule has 0 bridgehead atoms. The van der Waals surface area contributed by atoms with Crippen molar-refractivity contribution >= 4 is 27.5 Å². The van der Waals surface area contributed by atoms with Crippen LogP contribution in [0.1, 0.15) is 25.0 Å². The second-order valence-electron chi connectivity index (χ2n) is 11.0. The van der Waals surface area contributed by atoms with Crippen LogP contribution < -0.4 is 14.4 Å². The van der Waals surface area contributed by atoms with Gasteiger partial charge in [0.25, 0.3) is 10.0 Å². The van der Waals surface area contributed by atoms with Crippen molar-refractivity contribution in [2.24, 2.45) is 5.92 Å². The molecule has 0 aliphatic rings. The first-order chi connectivity index (χ1) is 21.6. The number of anilines is 1. The summed E-state index contributed by atoms with van der Waals surface area (Å²) in [5.74, 6) is -0.854. The van der Waals surface area contributed by atoms with Gasteiger partial charge in [0.05, 0.1) is 17.7 Å². The third-order valence-corrected chi connectivity index (χ3v) is 8.96. The van der Waals surface area contributed by atoms with Crippen LogP contribution in [0.4, 0.5) is 10.1 Å². The van der Waals surface area contributed by atoms with Crippen molar-refractivity contribution in [3.05, 3.63) is 126 Å². The van der Waals surface area contributed by atoms with E-state index >= 15 is 0 Å². The number of amides is 2. The van der Waals surface area contributed by atoms with E-state index < -0.39 is 34.3 Å². The fourth-order valence-corrected chi connectivity index (χ4v) is 6.20. The summed E-state index contributed by atoms with van der Waals surface area (Å²) in [6, 6.07) is 28.2. The minimum absolute atomic E-state index is 0.00113. The molecule has 0 spiro atoms.